The molecule has 1 aliphatic heterocycles. The van der Waals surface area contributed by atoms with Gasteiger partial charge in [0.1, 0.15) is 5.44 Å². The van der Waals surface area contributed by atoms with Crippen LogP contribution in [0.3, 0.4) is 0 Å². The van der Waals surface area contributed by atoms with E-state index in [1.165, 1.54) is 0 Å². The van der Waals surface area contributed by atoms with E-state index in [9.17, 15) is 0 Å². The van der Waals surface area contributed by atoms with E-state index >= 15 is 0 Å². The molecule has 2 heteroatoms. The minimum absolute atomic E-state index is 0.347. The molecule has 1 aliphatic rings. The summed E-state index contributed by atoms with van der Waals surface area (Å²) in [7, 11) is 0. The summed E-state index contributed by atoms with van der Waals surface area (Å²) < 4.78 is 4.96. The van der Waals surface area contributed by atoms with E-state index in [0.29, 0.717) is 5.44 Å². The van der Waals surface area contributed by atoms with Crippen LogP contribution in [0.5, 0.6) is 0 Å². The second-order valence-electron chi connectivity index (χ2n) is 1.34. The first-order chi connectivity index (χ1) is 3.43. The van der Waals surface area contributed by atoms with Crippen LogP contribution in [0.25, 0.3) is 0 Å². The molecule has 0 saturated carbocycles. The molecule has 1 nitrogen and oxygen atoms in total. The van der Waals surface area contributed by atoms with Crippen molar-refractivity contribution >= 4 is 11.8 Å². The molecule has 0 fully saturated rings. The van der Waals surface area contributed by atoms with Gasteiger partial charge in [-0.2, -0.15) is 0 Å². The molecule has 0 aromatic heterocycles. The fourth-order valence-corrected chi connectivity index (χ4v) is 0.901. The van der Waals surface area contributed by atoms with Gasteiger partial charge in [0.05, 0.1) is 0 Å². The average molecular weight is 115 g/mol. The lowest BCUT2D eigenvalue weighted by Gasteiger charge is -2.13. The standard InChI is InChI=1S/C5H7OS/c1-7-5-3-2-4-6-5/h2,5H,3H2,1H3/q-1. The van der Waals surface area contributed by atoms with Crippen molar-refractivity contribution in [1.29, 1.82) is 0 Å². The molecular formula is C5H7OS-. The lowest BCUT2D eigenvalue weighted by molar-refractivity contribution is 0.232. The third kappa shape index (κ3) is 1.13. The fraction of sp³-hybridized carbons (Fsp3) is 0.600. The quantitative estimate of drug-likeness (QED) is 0.478. The van der Waals surface area contributed by atoms with Crippen molar-refractivity contribution in [3.8, 4) is 0 Å². The maximum Gasteiger partial charge on any atom is 0.106 e. The fourth-order valence-electron chi connectivity index (χ4n) is 0.461. The molecular weight excluding hydrogens is 108 g/mol. The summed E-state index contributed by atoms with van der Waals surface area (Å²) in [5, 5.41) is 0. The zero-order chi connectivity index (χ0) is 5.11. The summed E-state index contributed by atoms with van der Waals surface area (Å²) in [6.45, 7) is 0. The van der Waals surface area contributed by atoms with E-state index in [-0.39, 0.29) is 0 Å². The Morgan fingerprint density at radius 3 is 3.14 bits per heavy atom. The normalized spacial score (nSPS) is 27.9. The van der Waals surface area contributed by atoms with Gasteiger partial charge in [-0.05, 0) is 12.7 Å². The van der Waals surface area contributed by atoms with Crippen LogP contribution in [0.4, 0.5) is 0 Å². The Labute approximate surface area is 47.7 Å². The van der Waals surface area contributed by atoms with Gasteiger partial charge in [-0.15, -0.1) is 11.8 Å². The maximum atomic E-state index is 4.96. The number of hydrogen-bond donors (Lipinski definition) is 0. The first-order valence-corrected chi connectivity index (χ1v) is 3.48. The van der Waals surface area contributed by atoms with Gasteiger partial charge in [-0.3, -0.25) is 0 Å². The molecule has 0 aliphatic carbocycles. The number of hydrogen-bond acceptors (Lipinski definition) is 2. The molecule has 1 heterocycles. The Kier molecular flexibility index (Phi) is 1.63. The van der Waals surface area contributed by atoms with E-state index in [1.54, 1.807) is 11.8 Å². The summed E-state index contributed by atoms with van der Waals surface area (Å²) in [4.78, 5) is 0. The highest BCUT2D eigenvalue weighted by Crippen LogP contribution is 2.17. The van der Waals surface area contributed by atoms with E-state index in [4.69, 9.17) is 4.74 Å². The van der Waals surface area contributed by atoms with Crippen LogP contribution in [0.2, 0.25) is 0 Å². The average Bonchev–Trinajstić information content (AvgIpc) is 2.14. The summed E-state index contributed by atoms with van der Waals surface area (Å²) in [6.07, 6.45) is 7.64. The Balaban J connectivity index is 2.22. The minimum Gasteiger partial charge on any atom is -0.684 e. The highest BCUT2D eigenvalue weighted by atomic mass is 32.2. The van der Waals surface area contributed by atoms with E-state index in [0.717, 1.165) is 6.42 Å². The molecule has 0 spiro atoms. The molecule has 0 N–H and O–H groups in total. The summed E-state index contributed by atoms with van der Waals surface area (Å²) in [6, 6.07) is 0. The minimum atomic E-state index is 0.347. The van der Waals surface area contributed by atoms with E-state index in [1.807, 2.05) is 12.3 Å². The van der Waals surface area contributed by atoms with Crippen LogP contribution in [0.15, 0.2) is 6.08 Å². The second-order valence-corrected chi connectivity index (χ2v) is 2.34. The first-order valence-electron chi connectivity index (χ1n) is 2.19. The molecule has 1 atom stereocenters. The molecule has 40 valence electrons. The van der Waals surface area contributed by atoms with Crippen LogP contribution in [0.1, 0.15) is 6.42 Å². The van der Waals surface area contributed by atoms with Crippen molar-refractivity contribution in [2.45, 2.75) is 11.9 Å². The van der Waals surface area contributed by atoms with Gasteiger partial charge in [0.25, 0.3) is 0 Å². The lowest BCUT2D eigenvalue weighted by atomic mass is 10.5. The maximum absolute atomic E-state index is 4.96. The Morgan fingerprint density at radius 2 is 2.86 bits per heavy atom. The zero-order valence-corrected chi connectivity index (χ0v) is 4.99. The largest absolute Gasteiger partial charge is 0.684 e. The van der Waals surface area contributed by atoms with Crippen LogP contribution in [0, 0.1) is 6.26 Å². The molecule has 0 amide bonds. The van der Waals surface area contributed by atoms with Gasteiger partial charge < -0.3 is 11.0 Å². The molecule has 1 rings (SSSR count). The van der Waals surface area contributed by atoms with Gasteiger partial charge in [-0.25, -0.2) is 6.08 Å². The smallest absolute Gasteiger partial charge is 0.106 e. The topological polar surface area (TPSA) is 9.23 Å². The van der Waals surface area contributed by atoms with Crippen LogP contribution < -0.4 is 0 Å². The van der Waals surface area contributed by atoms with Crippen molar-refractivity contribution in [3.63, 3.8) is 0 Å². The van der Waals surface area contributed by atoms with Gasteiger partial charge >= 0.3 is 0 Å². The first kappa shape index (κ1) is 5.04. The van der Waals surface area contributed by atoms with E-state index < -0.39 is 0 Å². The van der Waals surface area contributed by atoms with Gasteiger partial charge in [0.15, 0.2) is 0 Å². The van der Waals surface area contributed by atoms with Gasteiger partial charge in [0, 0.05) is 0 Å². The summed E-state index contributed by atoms with van der Waals surface area (Å²) >= 11 is 1.72. The van der Waals surface area contributed by atoms with Crippen molar-refractivity contribution in [2.75, 3.05) is 6.26 Å². The zero-order valence-electron chi connectivity index (χ0n) is 4.18. The monoisotopic (exact) mass is 115 g/mol. The Hall–Kier alpha value is -0.110. The van der Waals surface area contributed by atoms with Crippen LogP contribution in [-0.4, -0.2) is 11.7 Å². The second kappa shape index (κ2) is 2.26. The predicted octanol–water partition coefficient (Wildman–Crippen LogP) is 1.41. The van der Waals surface area contributed by atoms with Crippen LogP contribution >= 0.6 is 11.8 Å². The van der Waals surface area contributed by atoms with Crippen molar-refractivity contribution in [1.82, 2.24) is 0 Å². The van der Waals surface area contributed by atoms with Gasteiger partial charge in [0.2, 0.25) is 0 Å². The van der Waals surface area contributed by atoms with Crippen molar-refractivity contribution in [2.24, 2.45) is 0 Å². The Morgan fingerprint density at radius 1 is 2.00 bits per heavy atom. The van der Waals surface area contributed by atoms with E-state index in [2.05, 4.69) is 6.26 Å². The van der Waals surface area contributed by atoms with Crippen LogP contribution in [-0.2, 0) is 4.74 Å². The Bertz CT molecular complexity index is 72.1. The molecule has 0 saturated heterocycles. The third-order valence-electron chi connectivity index (χ3n) is 0.856. The lowest BCUT2D eigenvalue weighted by Crippen LogP contribution is -1.94. The SMILES string of the molecule is CSC1CC=[C-]O1. The molecule has 0 aromatic rings. The molecule has 1 unspecified atom stereocenters. The van der Waals surface area contributed by atoms with Crippen molar-refractivity contribution in [3.05, 3.63) is 12.3 Å². The summed E-state index contributed by atoms with van der Waals surface area (Å²) in [5.41, 5.74) is 0.347. The highest BCUT2D eigenvalue weighted by Gasteiger charge is 1.98. The third-order valence-corrected chi connectivity index (χ3v) is 1.67. The molecule has 7 heavy (non-hydrogen) atoms. The number of ether oxygens (including phenoxy) is 1. The molecule has 0 radical (unpaired) electrons. The number of thioether (sulfide) groups is 1. The van der Waals surface area contributed by atoms with Crippen molar-refractivity contribution < 1.29 is 4.74 Å². The molecule has 0 bridgehead atoms. The molecule has 0 aromatic carbocycles. The summed E-state index contributed by atoms with van der Waals surface area (Å²) in [5.74, 6) is 0. The highest BCUT2D eigenvalue weighted by molar-refractivity contribution is 7.99. The number of rotatable bonds is 1. The van der Waals surface area contributed by atoms with Gasteiger partial charge in [-0.1, -0.05) is 0 Å². The predicted molar refractivity (Wildman–Crippen MR) is 30.8 cm³/mol.